The van der Waals surface area contributed by atoms with Gasteiger partial charge >= 0.3 is 0 Å². The van der Waals surface area contributed by atoms with Crippen LogP contribution in [-0.4, -0.2) is 0 Å². The van der Waals surface area contributed by atoms with E-state index in [4.69, 9.17) is 4.74 Å². The number of hydrogen-bond acceptors (Lipinski definition) is 2. The number of benzene rings is 4. The van der Waals surface area contributed by atoms with Gasteiger partial charge in [0.05, 0.1) is 0 Å². The van der Waals surface area contributed by atoms with E-state index in [0.717, 1.165) is 23.4 Å². The van der Waals surface area contributed by atoms with E-state index in [0.29, 0.717) is 13.2 Å². The highest BCUT2D eigenvalue weighted by molar-refractivity contribution is 5.87. The zero-order valence-electron chi connectivity index (χ0n) is 15.6. The normalized spacial score (nSPS) is 10.9. The van der Waals surface area contributed by atoms with Crippen LogP contribution in [0.2, 0.25) is 0 Å². The lowest BCUT2D eigenvalue weighted by Crippen LogP contribution is -2.14. The first-order chi connectivity index (χ1) is 13.8. The van der Waals surface area contributed by atoms with Gasteiger partial charge in [-0.3, -0.25) is 0 Å². The fourth-order valence-electron chi connectivity index (χ4n) is 3.30. The summed E-state index contributed by atoms with van der Waals surface area (Å²) in [6, 6.07) is 29.2. The van der Waals surface area contributed by atoms with Crippen molar-refractivity contribution in [1.82, 2.24) is 5.32 Å². The minimum absolute atomic E-state index is 0.236. The molecule has 0 unspecified atom stereocenters. The van der Waals surface area contributed by atoms with Gasteiger partial charge in [0.1, 0.15) is 18.2 Å². The van der Waals surface area contributed by atoms with Crippen molar-refractivity contribution in [2.75, 3.05) is 0 Å². The molecule has 0 aliphatic carbocycles. The van der Waals surface area contributed by atoms with E-state index < -0.39 is 0 Å². The highest BCUT2D eigenvalue weighted by Crippen LogP contribution is 2.29. The first kappa shape index (κ1) is 18.2. The van der Waals surface area contributed by atoms with Crippen molar-refractivity contribution < 1.29 is 9.13 Å². The number of nitrogens with one attached hydrogen (secondary N) is 1. The number of halogens is 1. The van der Waals surface area contributed by atoms with E-state index in [1.165, 1.54) is 28.5 Å². The van der Waals surface area contributed by atoms with E-state index in [9.17, 15) is 4.39 Å². The lowest BCUT2D eigenvalue weighted by atomic mass is 10.0. The van der Waals surface area contributed by atoms with Crippen LogP contribution < -0.4 is 10.1 Å². The van der Waals surface area contributed by atoms with Crippen molar-refractivity contribution in [2.45, 2.75) is 19.7 Å². The fraction of sp³-hybridized carbons (Fsp3) is 0.120. The van der Waals surface area contributed by atoms with Crippen molar-refractivity contribution in [3.8, 4) is 5.75 Å². The minimum atomic E-state index is -0.236. The van der Waals surface area contributed by atoms with E-state index >= 15 is 0 Å². The molecule has 0 radical (unpaired) electrons. The van der Waals surface area contributed by atoms with E-state index in [2.05, 4.69) is 35.6 Å². The SMILES string of the molecule is Fc1ccc(COc2ccc3ccccc3c2CNCc2ccccc2)cc1. The quantitative estimate of drug-likeness (QED) is 0.440. The number of fused-ring (bicyclic) bond motifs is 1. The molecule has 4 rings (SSSR count). The summed E-state index contributed by atoms with van der Waals surface area (Å²) in [6.45, 7) is 1.90. The molecule has 0 saturated carbocycles. The molecule has 2 nitrogen and oxygen atoms in total. The van der Waals surface area contributed by atoms with Crippen LogP contribution in [0.15, 0.2) is 91.0 Å². The maximum absolute atomic E-state index is 13.1. The fourth-order valence-corrected chi connectivity index (χ4v) is 3.30. The van der Waals surface area contributed by atoms with Gasteiger partial charge < -0.3 is 10.1 Å². The van der Waals surface area contributed by atoms with Crippen molar-refractivity contribution in [2.24, 2.45) is 0 Å². The Morgan fingerprint density at radius 3 is 2.25 bits per heavy atom. The Bertz CT molecular complexity index is 1050. The maximum atomic E-state index is 13.1. The van der Waals surface area contributed by atoms with Gasteiger partial charge in [0.2, 0.25) is 0 Å². The molecule has 0 amide bonds. The number of ether oxygens (including phenoxy) is 1. The van der Waals surface area contributed by atoms with Crippen LogP contribution in [-0.2, 0) is 19.7 Å². The summed E-state index contributed by atoms with van der Waals surface area (Å²) >= 11 is 0. The van der Waals surface area contributed by atoms with E-state index in [1.807, 2.05) is 36.4 Å². The van der Waals surface area contributed by atoms with Crippen LogP contribution in [0.5, 0.6) is 5.75 Å². The molecule has 3 heteroatoms. The summed E-state index contributed by atoms with van der Waals surface area (Å²) in [6.07, 6.45) is 0. The lowest BCUT2D eigenvalue weighted by molar-refractivity contribution is 0.302. The number of rotatable bonds is 7. The van der Waals surface area contributed by atoms with Crippen LogP contribution in [0, 0.1) is 5.82 Å². The van der Waals surface area contributed by atoms with E-state index in [-0.39, 0.29) is 5.82 Å². The Hall–Kier alpha value is -3.17. The Morgan fingerprint density at radius 2 is 1.43 bits per heavy atom. The van der Waals surface area contributed by atoms with Gasteiger partial charge in [-0.15, -0.1) is 0 Å². The Labute approximate surface area is 164 Å². The van der Waals surface area contributed by atoms with Crippen LogP contribution in [0.1, 0.15) is 16.7 Å². The highest BCUT2D eigenvalue weighted by Gasteiger charge is 2.09. The van der Waals surface area contributed by atoms with Gasteiger partial charge in [0, 0.05) is 18.7 Å². The third kappa shape index (κ3) is 4.38. The van der Waals surface area contributed by atoms with Gasteiger partial charge in [-0.05, 0) is 40.1 Å². The predicted octanol–water partition coefficient (Wildman–Crippen LogP) is 5.85. The second-order valence-corrected chi connectivity index (χ2v) is 6.77. The van der Waals surface area contributed by atoms with Gasteiger partial charge in [0.25, 0.3) is 0 Å². The Kier molecular flexibility index (Phi) is 5.64. The molecule has 0 bridgehead atoms. The van der Waals surface area contributed by atoms with Gasteiger partial charge in [0.15, 0.2) is 0 Å². The molecular weight excluding hydrogens is 349 g/mol. The average molecular weight is 371 g/mol. The second kappa shape index (κ2) is 8.68. The minimum Gasteiger partial charge on any atom is -0.489 e. The molecule has 0 saturated heterocycles. The molecule has 0 aliphatic rings. The van der Waals surface area contributed by atoms with Gasteiger partial charge in [-0.2, -0.15) is 0 Å². The maximum Gasteiger partial charge on any atom is 0.124 e. The van der Waals surface area contributed by atoms with E-state index in [1.54, 1.807) is 12.1 Å². The zero-order valence-corrected chi connectivity index (χ0v) is 15.6. The monoisotopic (exact) mass is 371 g/mol. The second-order valence-electron chi connectivity index (χ2n) is 6.77. The molecule has 0 spiro atoms. The van der Waals surface area contributed by atoms with Crippen molar-refractivity contribution in [3.05, 3.63) is 114 Å². The third-order valence-electron chi connectivity index (χ3n) is 4.78. The first-order valence-electron chi connectivity index (χ1n) is 9.42. The topological polar surface area (TPSA) is 21.3 Å². The van der Waals surface area contributed by atoms with Crippen LogP contribution >= 0.6 is 0 Å². The highest BCUT2D eigenvalue weighted by atomic mass is 19.1. The Morgan fingerprint density at radius 1 is 0.679 bits per heavy atom. The summed E-state index contributed by atoms with van der Waals surface area (Å²) < 4.78 is 19.2. The predicted molar refractivity (Wildman–Crippen MR) is 112 cm³/mol. The molecule has 0 aromatic heterocycles. The van der Waals surface area contributed by atoms with Gasteiger partial charge in [-0.25, -0.2) is 4.39 Å². The molecule has 0 aliphatic heterocycles. The lowest BCUT2D eigenvalue weighted by Gasteiger charge is -2.15. The largest absolute Gasteiger partial charge is 0.489 e. The Balaban J connectivity index is 1.54. The van der Waals surface area contributed by atoms with Crippen LogP contribution in [0.25, 0.3) is 10.8 Å². The molecular formula is C25H22FNO. The summed E-state index contributed by atoms with van der Waals surface area (Å²) in [5.41, 5.74) is 3.32. The summed E-state index contributed by atoms with van der Waals surface area (Å²) in [5.74, 6) is 0.615. The summed E-state index contributed by atoms with van der Waals surface area (Å²) in [5, 5.41) is 5.89. The molecule has 0 fully saturated rings. The molecule has 28 heavy (non-hydrogen) atoms. The third-order valence-corrected chi connectivity index (χ3v) is 4.78. The molecule has 4 aromatic carbocycles. The molecule has 140 valence electrons. The molecule has 0 atom stereocenters. The molecule has 0 heterocycles. The van der Waals surface area contributed by atoms with Crippen LogP contribution in [0.3, 0.4) is 0 Å². The molecule has 1 N–H and O–H groups in total. The number of hydrogen-bond donors (Lipinski definition) is 1. The smallest absolute Gasteiger partial charge is 0.124 e. The summed E-state index contributed by atoms with van der Waals surface area (Å²) in [7, 11) is 0. The van der Waals surface area contributed by atoms with Crippen molar-refractivity contribution in [1.29, 1.82) is 0 Å². The van der Waals surface area contributed by atoms with Gasteiger partial charge in [-0.1, -0.05) is 72.8 Å². The van der Waals surface area contributed by atoms with Crippen molar-refractivity contribution in [3.63, 3.8) is 0 Å². The first-order valence-corrected chi connectivity index (χ1v) is 9.42. The standard InChI is InChI=1S/C25H22FNO/c26-22-13-10-20(11-14-22)18-28-25-15-12-21-8-4-5-9-23(21)24(25)17-27-16-19-6-2-1-3-7-19/h1-15,27H,16-18H2. The van der Waals surface area contributed by atoms with Crippen molar-refractivity contribution >= 4 is 10.8 Å². The molecule has 4 aromatic rings. The van der Waals surface area contributed by atoms with Crippen LogP contribution in [0.4, 0.5) is 4.39 Å². The zero-order chi connectivity index (χ0) is 19.2. The average Bonchev–Trinajstić information content (AvgIpc) is 2.75. The summed E-state index contributed by atoms with van der Waals surface area (Å²) in [4.78, 5) is 0.